The zero-order valence-electron chi connectivity index (χ0n) is 22.5. The molecule has 12 heteroatoms. The molecule has 10 nitrogen and oxygen atoms in total. The van der Waals surface area contributed by atoms with E-state index in [9.17, 15) is 14.4 Å². The number of carbonyl (C=O) groups excluding carboxylic acids is 2. The van der Waals surface area contributed by atoms with Crippen molar-refractivity contribution in [3.05, 3.63) is 77.4 Å². The van der Waals surface area contributed by atoms with Crippen molar-refractivity contribution in [2.45, 2.75) is 26.8 Å². The Bertz CT molecular complexity index is 1670. The predicted octanol–water partition coefficient (Wildman–Crippen LogP) is 3.51. The van der Waals surface area contributed by atoms with E-state index in [1.807, 2.05) is 13.8 Å². The molecule has 0 radical (unpaired) electrons. The molecule has 3 aromatic rings. The molecule has 1 aliphatic heterocycles. The Labute approximate surface area is 242 Å². The highest BCUT2D eigenvalue weighted by Crippen LogP contribution is 2.37. The summed E-state index contributed by atoms with van der Waals surface area (Å²) in [6, 6.07) is 7.84. The molecule has 0 N–H and O–H groups in total. The average molecular weight is 632 g/mol. The first-order valence-corrected chi connectivity index (χ1v) is 13.9. The van der Waals surface area contributed by atoms with E-state index in [0.29, 0.717) is 55.4 Å². The molecule has 0 saturated heterocycles. The second-order valence-electron chi connectivity index (χ2n) is 8.38. The molecule has 1 aromatic heterocycles. The highest BCUT2D eigenvalue weighted by Gasteiger charge is 2.31. The number of aromatic nitrogens is 1. The quantitative estimate of drug-likeness (QED) is 0.261. The lowest BCUT2D eigenvalue weighted by Gasteiger charge is -2.23. The fraction of sp³-hybridized carbons (Fsp3) is 0.286. The van der Waals surface area contributed by atoms with Crippen LogP contribution in [0.5, 0.6) is 23.0 Å². The fourth-order valence-electron chi connectivity index (χ4n) is 4.20. The van der Waals surface area contributed by atoms with Crippen molar-refractivity contribution in [1.82, 2.24) is 4.57 Å². The molecule has 210 valence electrons. The number of methoxy groups -OCH3 is 2. The number of ether oxygens (including phenoxy) is 5. The summed E-state index contributed by atoms with van der Waals surface area (Å²) in [6.07, 6.45) is 3.10. The SMILES string of the molecule is CCOc1ccc([C@@H]2C(C(=O)OC)=CN=c3s/c(=C/c4cc(Br)c(OC(C)=O)c(OC)c4)c(=O)n32)cc1OCC. The molecule has 40 heavy (non-hydrogen) atoms. The molecule has 0 saturated carbocycles. The van der Waals surface area contributed by atoms with Crippen LogP contribution in [0.4, 0.5) is 0 Å². The van der Waals surface area contributed by atoms with Gasteiger partial charge in [0.05, 0.1) is 48.1 Å². The van der Waals surface area contributed by atoms with Gasteiger partial charge in [-0.1, -0.05) is 17.4 Å². The van der Waals surface area contributed by atoms with E-state index in [0.717, 1.165) is 0 Å². The van der Waals surface area contributed by atoms with Gasteiger partial charge in [-0.05, 0) is 71.2 Å². The molecule has 0 bridgehead atoms. The van der Waals surface area contributed by atoms with Gasteiger partial charge in [-0.15, -0.1) is 0 Å². The van der Waals surface area contributed by atoms with Crippen LogP contribution in [-0.4, -0.2) is 43.9 Å². The molecule has 4 rings (SSSR count). The number of benzene rings is 2. The van der Waals surface area contributed by atoms with Crippen LogP contribution >= 0.6 is 27.3 Å². The van der Waals surface area contributed by atoms with Gasteiger partial charge in [-0.3, -0.25) is 14.2 Å². The first-order valence-electron chi connectivity index (χ1n) is 12.3. The van der Waals surface area contributed by atoms with Crippen molar-refractivity contribution in [1.29, 1.82) is 0 Å². The van der Waals surface area contributed by atoms with Crippen molar-refractivity contribution in [2.75, 3.05) is 27.4 Å². The Balaban J connectivity index is 1.89. The zero-order valence-corrected chi connectivity index (χ0v) is 24.9. The molecule has 0 amide bonds. The lowest BCUT2D eigenvalue weighted by molar-refractivity contribution is -0.136. The maximum absolute atomic E-state index is 13.8. The van der Waals surface area contributed by atoms with Gasteiger partial charge < -0.3 is 23.7 Å². The molecule has 2 aromatic carbocycles. The van der Waals surface area contributed by atoms with Crippen LogP contribution in [0.25, 0.3) is 6.08 Å². The van der Waals surface area contributed by atoms with Crippen molar-refractivity contribution in [3.8, 4) is 23.0 Å². The topological polar surface area (TPSA) is 115 Å². The Kier molecular flexibility index (Phi) is 9.10. The minimum absolute atomic E-state index is 0.197. The van der Waals surface area contributed by atoms with Crippen molar-refractivity contribution >= 4 is 45.3 Å². The number of fused-ring (bicyclic) bond motifs is 1. The molecule has 1 aliphatic rings. The van der Waals surface area contributed by atoms with Gasteiger partial charge >= 0.3 is 11.9 Å². The molecule has 0 aliphatic carbocycles. The van der Waals surface area contributed by atoms with Crippen LogP contribution in [0.3, 0.4) is 0 Å². The van der Waals surface area contributed by atoms with Crippen LogP contribution in [0.15, 0.2) is 56.4 Å². The van der Waals surface area contributed by atoms with E-state index in [2.05, 4.69) is 20.9 Å². The van der Waals surface area contributed by atoms with Gasteiger partial charge in [0, 0.05) is 13.1 Å². The summed E-state index contributed by atoms with van der Waals surface area (Å²) < 4.78 is 29.4. The van der Waals surface area contributed by atoms with Gasteiger partial charge in [0.15, 0.2) is 27.8 Å². The van der Waals surface area contributed by atoms with Crippen LogP contribution in [0.2, 0.25) is 0 Å². The predicted molar refractivity (Wildman–Crippen MR) is 152 cm³/mol. The normalized spacial score (nSPS) is 14.5. The number of hydrogen-bond acceptors (Lipinski definition) is 10. The van der Waals surface area contributed by atoms with Crippen LogP contribution < -0.4 is 33.8 Å². The lowest BCUT2D eigenvalue weighted by atomic mass is 9.97. The van der Waals surface area contributed by atoms with E-state index in [-0.39, 0.29) is 16.9 Å². The van der Waals surface area contributed by atoms with E-state index in [1.54, 1.807) is 36.4 Å². The Morgan fingerprint density at radius 1 is 1.07 bits per heavy atom. The largest absolute Gasteiger partial charge is 0.493 e. The van der Waals surface area contributed by atoms with Crippen molar-refractivity contribution in [3.63, 3.8) is 0 Å². The maximum atomic E-state index is 13.8. The lowest BCUT2D eigenvalue weighted by Crippen LogP contribution is -2.39. The molecule has 0 unspecified atom stereocenters. The molecular weight excluding hydrogens is 604 g/mol. The average Bonchev–Trinajstić information content (AvgIpc) is 3.24. The maximum Gasteiger partial charge on any atom is 0.337 e. The van der Waals surface area contributed by atoms with Gasteiger partial charge in [0.25, 0.3) is 5.56 Å². The summed E-state index contributed by atoms with van der Waals surface area (Å²) in [5.74, 6) is 0.493. The Morgan fingerprint density at radius 3 is 2.45 bits per heavy atom. The second-order valence-corrected chi connectivity index (χ2v) is 10.2. The zero-order chi connectivity index (χ0) is 29.0. The second kappa shape index (κ2) is 12.5. The molecule has 2 heterocycles. The number of thiazole rings is 1. The first kappa shape index (κ1) is 29.1. The third-order valence-corrected chi connectivity index (χ3v) is 7.39. The van der Waals surface area contributed by atoms with Crippen LogP contribution in [-0.2, 0) is 14.3 Å². The molecule has 0 fully saturated rings. The number of hydrogen-bond donors (Lipinski definition) is 0. The van der Waals surface area contributed by atoms with Crippen molar-refractivity contribution in [2.24, 2.45) is 4.99 Å². The van der Waals surface area contributed by atoms with Crippen LogP contribution in [0, 0.1) is 0 Å². The van der Waals surface area contributed by atoms with E-state index < -0.39 is 18.0 Å². The fourth-order valence-corrected chi connectivity index (χ4v) is 5.71. The number of rotatable bonds is 9. The summed E-state index contributed by atoms with van der Waals surface area (Å²) in [6.45, 7) is 5.88. The van der Waals surface area contributed by atoms with Gasteiger partial charge in [0.2, 0.25) is 0 Å². The molecular formula is C28H27BrN2O8S. The third kappa shape index (κ3) is 5.82. The third-order valence-electron chi connectivity index (χ3n) is 5.80. The smallest absolute Gasteiger partial charge is 0.337 e. The minimum atomic E-state index is -0.812. The van der Waals surface area contributed by atoms with E-state index >= 15 is 0 Å². The summed E-state index contributed by atoms with van der Waals surface area (Å²) in [4.78, 5) is 42.9. The summed E-state index contributed by atoms with van der Waals surface area (Å²) >= 11 is 4.58. The van der Waals surface area contributed by atoms with E-state index in [4.69, 9.17) is 23.7 Å². The monoisotopic (exact) mass is 630 g/mol. The molecule has 0 spiro atoms. The number of nitrogens with zero attached hydrogens (tertiary/aromatic N) is 2. The van der Waals surface area contributed by atoms with Gasteiger partial charge in [-0.2, -0.15) is 0 Å². The standard InChI is InChI=1S/C28H27BrN2O8S/c1-6-37-20-9-8-17(13-21(20)38-7-2)24-18(27(34)36-5)14-30-28-31(24)26(33)23(40-28)12-16-10-19(29)25(39-15(3)32)22(11-16)35-4/h8-14,24H,6-7H2,1-5H3/b23-12+/t24-/m1/s1. The first-order chi connectivity index (χ1) is 19.2. The minimum Gasteiger partial charge on any atom is -0.493 e. The highest BCUT2D eigenvalue weighted by molar-refractivity contribution is 9.10. The molecule has 1 atom stereocenters. The number of esters is 2. The Hall–Kier alpha value is -3.90. The Morgan fingerprint density at radius 2 is 1.80 bits per heavy atom. The van der Waals surface area contributed by atoms with Crippen LogP contribution in [0.1, 0.15) is 37.9 Å². The van der Waals surface area contributed by atoms with Crippen molar-refractivity contribution < 1.29 is 33.3 Å². The summed E-state index contributed by atoms with van der Waals surface area (Å²) in [5.41, 5.74) is 1.09. The van der Waals surface area contributed by atoms with Gasteiger partial charge in [0.1, 0.15) is 0 Å². The summed E-state index contributed by atoms with van der Waals surface area (Å²) in [5, 5.41) is 0. The van der Waals surface area contributed by atoms with Gasteiger partial charge in [-0.25, -0.2) is 9.79 Å². The number of carbonyl (C=O) groups is 2. The summed E-state index contributed by atoms with van der Waals surface area (Å²) in [7, 11) is 2.73. The van der Waals surface area contributed by atoms with E-state index in [1.165, 1.54) is 43.2 Å². The number of halogens is 1. The highest BCUT2D eigenvalue weighted by atomic mass is 79.9.